The number of hydrogen-bond acceptors (Lipinski definition) is 10. The van der Waals surface area contributed by atoms with Gasteiger partial charge in [-0.05, 0) is 44.7 Å². The van der Waals surface area contributed by atoms with Gasteiger partial charge >= 0.3 is 0 Å². The smallest absolute Gasteiger partial charge is 0.291 e. The van der Waals surface area contributed by atoms with Crippen LogP contribution in [-0.2, 0) is 21.9 Å². The molecule has 3 aromatic rings. The number of hydrogen-bond donors (Lipinski definition) is 2. The van der Waals surface area contributed by atoms with Crippen LogP contribution in [0.3, 0.4) is 0 Å². The van der Waals surface area contributed by atoms with Crippen LogP contribution < -0.4 is 9.62 Å². The number of alkyl halides is 2. The molecule has 1 saturated carbocycles. The molecule has 2 saturated heterocycles. The van der Waals surface area contributed by atoms with Crippen molar-refractivity contribution in [1.29, 1.82) is 5.26 Å². The van der Waals surface area contributed by atoms with E-state index in [9.17, 15) is 32.4 Å². The first-order valence-corrected chi connectivity index (χ1v) is 15.1. The van der Waals surface area contributed by atoms with Crippen molar-refractivity contribution in [3.63, 3.8) is 0 Å². The van der Waals surface area contributed by atoms with Crippen LogP contribution in [0.2, 0.25) is 0 Å². The average Bonchev–Trinajstić information content (AvgIpc) is 3.22. The van der Waals surface area contributed by atoms with Gasteiger partial charge in [0.2, 0.25) is 10.0 Å². The molecule has 12 nitrogen and oxygen atoms in total. The Morgan fingerprint density at radius 3 is 2.48 bits per heavy atom. The fourth-order valence-electron chi connectivity index (χ4n) is 5.69. The molecule has 2 aromatic heterocycles. The van der Waals surface area contributed by atoms with Crippen molar-refractivity contribution in [2.24, 2.45) is 7.05 Å². The molecular formula is C24H26F2N8O4S2. The van der Waals surface area contributed by atoms with Gasteiger partial charge in [0.25, 0.3) is 12.3 Å². The van der Waals surface area contributed by atoms with Crippen LogP contribution in [-0.4, -0.2) is 81.1 Å². The molecule has 2 aliphatic heterocycles. The van der Waals surface area contributed by atoms with Crippen molar-refractivity contribution in [2.75, 3.05) is 18.0 Å². The van der Waals surface area contributed by atoms with Crippen LogP contribution in [0.1, 0.15) is 44.0 Å². The highest BCUT2D eigenvalue weighted by molar-refractivity contribution is 7.89. The van der Waals surface area contributed by atoms with Crippen molar-refractivity contribution >= 4 is 43.9 Å². The van der Waals surface area contributed by atoms with Crippen LogP contribution in [0, 0.1) is 11.3 Å². The Balaban J connectivity index is 1.48. The lowest BCUT2D eigenvalue weighted by Crippen LogP contribution is -2.57. The van der Waals surface area contributed by atoms with E-state index in [4.69, 9.17) is 0 Å². The van der Waals surface area contributed by atoms with Crippen LogP contribution >= 0.6 is 11.3 Å². The van der Waals surface area contributed by atoms with Crippen molar-refractivity contribution < 1.29 is 27.1 Å². The van der Waals surface area contributed by atoms with Crippen molar-refractivity contribution in [2.45, 2.75) is 67.7 Å². The standard InChI is InChI=1S/C24H26F2N8O4S2/c1-12(35)23(36)34-13-3-4-14(34)10-33(9-13)17-8-15(40(37,38)31-24(11-27)5-6-24)7-16-18(30-32(2)19(16)17)21-28-29-22(39-21)20(25)26/h7-8,12-14,20,31,35H,3-6,9-10H2,1-2H3/t12-,13?,14?/m0/s1. The number of piperazine rings is 1. The number of aryl methyl sites for hydroxylation is 1. The Labute approximate surface area is 232 Å². The van der Waals surface area contributed by atoms with Crippen molar-refractivity contribution in [3.05, 3.63) is 17.1 Å². The molecule has 3 fully saturated rings. The van der Waals surface area contributed by atoms with Gasteiger partial charge in [-0.3, -0.25) is 9.48 Å². The van der Waals surface area contributed by atoms with E-state index in [2.05, 4.69) is 20.0 Å². The summed E-state index contributed by atoms with van der Waals surface area (Å²) in [4.78, 5) is 16.3. The molecule has 2 unspecified atom stereocenters. The summed E-state index contributed by atoms with van der Waals surface area (Å²) in [6.45, 7) is 2.24. The average molecular weight is 593 g/mol. The Kier molecular flexibility index (Phi) is 6.33. The number of halogens is 2. The predicted octanol–water partition coefficient (Wildman–Crippen LogP) is 1.92. The zero-order valence-corrected chi connectivity index (χ0v) is 23.2. The number of carbonyl (C=O) groups excluding carboxylic acids is 1. The largest absolute Gasteiger partial charge is 0.384 e. The third-order valence-corrected chi connectivity index (χ3v) is 10.2. The summed E-state index contributed by atoms with van der Waals surface area (Å²) in [5, 5.41) is 31.4. The number of aliphatic hydroxyl groups excluding tert-OH is 1. The second kappa shape index (κ2) is 9.40. The number of amides is 1. The van der Waals surface area contributed by atoms with E-state index in [0.29, 0.717) is 53.9 Å². The highest BCUT2D eigenvalue weighted by atomic mass is 32.2. The lowest BCUT2D eigenvalue weighted by atomic mass is 10.1. The number of fused-ring (bicyclic) bond motifs is 3. The lowest BCUT2D eigenvalue weighted by Gasteiger charge is -2.42. The third-order valence-electron chi connectivity index (χ3n) is 7.76. The quantitative estimate of drug-likeness (QED) is 0.418. The van der Waals surface area contributed by atoms with Crippen molar-refractivity contribution in [1.82, 2.24) is 29.6 Å². The van der Waals surface area contributed by atoms with Crippen LogP contribution in [0.15, 0.2) is 17.0 Å². The fourth-order valence-corrected chi connectivity index (χ4v) is 7.81. The second-order valence-electron chi connectivity index (χ2n) is 10.6. The van der Waals surface area contributed by atoms with Gasteiger partial charge < -0.3 is 14.9 Å². The third kappa shape index (κ3) is 4.41. The number of nitrogens with zero attached hydrogens (tertiary/aromatic N) is 7. The summed E-state index contributed by atoms with van der Waals surface area (Å²) in [6, 6.07) is 4.63. The molecule has 2 bridgehead atoms. The van der Waals surface area contributed by atoms with Crippen LogP contribution in [0.5, 0.6) is 0 Å². The molecule has 1 aliphatic carbocycles. The Morgan fingerprint density at radius 2 is 1.93 bits per heavy atom. The van der Waals surface area contributed by atoms with Gasteiger partial charge in [0.1, 0.15) is 17.3 Å². The normalized spacial score (nSPS) is 22.6. The second-order valence-corrected chi connectivity index (χ2v) is 13.3. The fraction of sp³-hybridized carbons (Fsp3) is 0.542. The molecule has 212 valence electrons. The molecule has 16 heteroatoms. The zero-order chi connectivity index (χ0) is 28.6. The summed E-state index contributed by atoms with van der Waals surface area (Å²) in [6.07, 6.45) is -1.65. The predicted molar refractivity (Wildman–Crippen MR) is 140 cm³/mol. The maximum Gasteiger partial charge on any atom is 0.291 e. The summed E-state index contributed by atoms with van der Waals surface area (Å²) < 4.78 is 57.7. The minimum atomic E-state index is -4.15. The number of carbonyl (C=O) groups is 1. The van der Waals surface area contributed by atoms with E-state index in [1.165, 1.54) is 19.1 Å². The summed E-state index contributed by atoms with van der Waals surface area (Å²) in [5.41, 5.74) is 0.176. The molecule has 1 aromatic carbocycles. The van der Waals surface area contributed by atoms with Gasteiger partial charge in [-0.25, -0.2) is 17.2 Å². The zero-order valence-electron chi connectivity index (χ0n) is 21.6. The number of sulfonamides is 1. The monoisotopic (exact) mass is 592 g/mol. The molecule has 3 atom stereocenters. The molecule has 1 amide bonds. The van der Waals surface area contributed by atoms with Gasteiger partial charge in [-0.15, -0.1) is 10.2 Å². The number of benzene rings is 1. The van der Waals surface area contributed by atoms with E-state index < -0.39 is 33.1 Å². The lowest BCUT2D eigenvalue weighted by molar-refractivity contribution is -0.142. The molecule has 4 heterocycles. The number of aliphatic hydroxyl groups is 1. The van der Waals surface area contributed by atoms with Gasteiger partial charge in [0.15, 0.2) is 10.0 Å². The van der Waals surface area contributed by atoms with Crippen molar-refractivity contribution in [3.8, 4) is 16.8 Å². The number of rotatable bonds is 7. The number of aromatic nitrogens is 4. The van der Waals surface area contributed by atoms with E-state index in [1.807, 2.05) is 11.0 Å². The minimum Gasteiger partial charge on any atom is -0.384 e. The first kappa shape index (κ1) is 26.9. The molecule has 40 heavy (non-hydrogen) atoms. The highest BCUT2D eigenvalue weighted by Gasteiger charge is 2.47. The Bertz CT molecular complexity index is 1650. The summed E-state index contributed by atoms with van der Waals surface area (Å²) >= 11 is 0.680. The summed E-state index contributed by atoms with van der Waals surface area (Å²) in [7, 11) is -2.48. The molecule has 3 aliphatic rings. The molecule has 0 radical (unpaired) electrons. The number of nitrogens with one attached hydrogen (secondary N) is 1. The topological polar surface area (TPSA) is 157 Å². The maximum absolute atomic E-state index is 13.5. The van der Waals surface area contributed by atoms with E-state index >= 15 is 0 Å². The number of nitriles is 1. The number of anilines is 1. The highest BCUT2D eigenvalue weighted by Crippen LogP contribution is 2.42. The van der Waals surface area contributed by atoms with Gasteiger partial charge in [0.05, 0.1) is 22.2 Å². The molecule has 0 spiro atoms. The van der Waals surface area contributed by atoms with Gasteiger partial charge in [-0.2, -0.15) is 15.1 Å². The van der Waals surface area contributed by atoms with E-state index in [0.717, 1.165) is 12.8 Å². The Hall–Kier alpha value is -3.26. The molecular weight excluding hydrogens is 566 g/mol. The van der Waals surface area contributed by atoms with E-state index in [1.54, 1.807) is 16.6 Å². The van der Waals surface area contributed by atoms with Crippen LogP contribution in [0.4, 0.5) is 14.5 Å². The Morgan fingerprint density at radius 1 is 1.25 bits per heavy atom. The first-order chi connectivity index (χ1) is 18.9. The van der Waals surface area contributed by atoms with E-state index in [-0.39, 0.29) is 33.6 Å². The SMILES string of the molecule is C[C@H](O)C(=O)N1C2CCC1CN(c1cc(S(=O)(=O)NC3(C#N)CC3)cc3c(-c4nnc(C(F)F)s4)nn(C)c13)C2. The first-order valence-electron chi connectivity index (χ1n) is 12.8. The maximum atomic E-state index is 13.5. The minimum absolute atomic E-state index is 0.0980. The summed E-state index contributed by atoms with van der Waals surface area (Å²) in [5.74, 6) is -0.335. The molecule has 6 rings (SSSR count). The van der Waals surface area contributed by atoms with Crippen LogP contribution in [0.25, 0.3) is 21.6 Å². The molecule has 2 N–H and O–H groups in total. The van der Waals surface area contributed by atoms with Gasteiger partial charge in [-0.1, -0.05) is 11.3 Å². The van der Waals surface area contributed by atoms with Gasteiger partial charge in [0, 0.05) is 37.6 Å².